The average Bonchev–Trinajstić information content (AvgIpc) is 2.41. The normalized spacial score (nSPS) is 10.2. The topological polar surface area (TPSA) is 67.4 Å². The van der Waals surface area contributed by atoms with E-state index in [0.29, 0.717) is 37.8 Å². The monoisotopic (exact) mass is 252 g/mol. The third-order valence-corrected chi connectivity index (χ3v) is 2.54. The highest BCUT2D eigenvalue weighted by Crippen LogP contribution is 2.04. The number of carbonyl (C=O) groups excluding carboxylic acids is 1. The number of methoxy groups -OCH3 is 1. The summed E-state index contributed by atoms with van der Waals surface area (Å²) in [5, 5.41) is 3.00. The zero-order chi connectivity index (χ0) is 13.4. The number of carbonyl (C=O) groups is 1. The fraction of sp³-hybridized carbons (Fsp3) is 0.583. The van der Waals surface area contributed by atoms with Crippen molar-refractivity contribution in [2.75, 3.05) is 38.7 Å². The molecule has 0 unspecified atom stereocenters. The molecule has 1 amide bonds. The quantitative estimate of drug-likeness (QED) is 0.734. The van der Waals surface area contributed by atoms with E-state index in [-0.39, 0.29) is 5.91 Å². The lowest BCUT2D eigenvalue weighted by molar-refractivity contribution is 0.0772. The number of ether oxygens (including phenoxy) is 1. The zero-order valence-electron chi connectivity index (χ0n) is 11.1. The van der Waals surface area contributed by atoms with Gasteiger partial charge in [0.2, 0.25) is 5.95 Å². The van der Waals surface area contributed by atoms with Gasteiger partial charge in [-0.15, -0.1) is 0 Å². The molecule has 0 fully saturated rings. The van der Waals surface area contributed by atoms with Crippen molar-refractivity contribution in [2.45, 2.75) is 13.8 Å². The number of amides is 1. The molecule has 1 aromatic heterocycles. The maximum atomic E-state index is 12.0. The van der Waals surface area contributed by atoms with Crippen molar-refractivity contribution in [1.82, 2.24) is 14.9 Å². The van der Waals surface area contributed by atoms with E-state index in [1.165, 1.54) is 0 Å². The fourth-order valence-corrected chi connectivity index (χ4v) is 1.49. The molecule has 1 aromatic rings. The lowest BCUT2D eigenvalue weighted by atomic mass is 10.3. The molecule has 0 radical (unpaired) electrons. The van der Waals surface area contributed by atoms with Crippen LogP contribution in [0, 0.1) is 0 Å². The third kappa shape index (κ3) is 3.96. The van der Waals surface area contributed by atoms with Crippen molar-refractivity contribution in [3.63, 3.8) is 0 Å². The lowest BCUT2D eigenvalue weighted by Crippen LogP contribution is -2.30. The van der Waals surface area contributed by atoms with Gasteiger partial charge in [0.15, 0.2) is 0 Å². The maximum Gasteiger partial charge on any atom is 0.256 e. The first-order valence-corrected chi connectivity index (χ1v) is 6.07. The molecule has 1 rings (SSSR count). The summed E-state index contributed by atoms with van der Waals surface area (Å²) < 4.78 is 4.91. The minimum absolute atomic E-state index is 0.0385. The van der Waals surface area contributed by atoms with Crippen LogP contribution < -0.4 is 5.32 Å². The Hall–Kier alpha value is -1.69. The molecule has 0 aromatic carbocycles. The number of aromatic nitrogens is 2. The van der Waals surface area contributed by atoms with Crippen LogP contribution >= 0.6 is 0 Å². The van der Waals surface area contributed by atoms with Crippen LogP contribution in [0.25, 0.3) is 0 Å². The smallest absolute Gasteiger partial charge is 0.256 e. The number of nitrogens with zero attached hydrogens (tertiary/aromatic N) is 3. The van der Waals surface area contributed by atoms with Gasteiger partial charge in [-0.2, -0.15) is 0 Å². The molecule has 0 spiro atoms. The molecule has 0 saturated carbocycles. The van der Waals surface area contributed by atoms with Gasteiger partial charge in [-0.3, -0.25) is 4.79 Å². The standard InChI is InChI=1S/C12H20N4O2/c1-4-16(5-2)11(17)10-8-14-12(15-9-10)13-6-7-18-3/h8-9H,4-7H2,1-3H3,(H,13,14,15). The van der Waals surface area contributed by atoms with E-state index < -0.39 is 0 Å². The van der Waals surface area contributed by atoms with Crippen molar-refractivity contribution in [3.05, 3.63) is 18.0 Å². The Morgan fingerprint density at radius 1 is 1.33 bits per heavy atom. The second-order valence-corrected chi connectivity index (χ2v) is 3.69. The Morgan fingerprint density at radius 2 is 1.94 bits per heavy atom. The molecule has 0 aliphatic rings. The van der Waals surface area contributed by atoms with Crippen LogP contribution in [0.5, 0.6) is 0 Å². The van der Waals surface area contributed by atoms with E-state index in [1.807, 2.05) is 13.8 Å². The molecular formula is C12H20N4O2. The first-order chi connectivity index (χ1) is 8.72. The number of anilines is 1. The highest BCUT2D eigenvalue weighted by Gasteiger charge is 2.12. The molecule has 100 valence electrons. The highest BCUT2D eigenvalue weighted by molar-refractivity contribution is 5.93. The molecule has 0 saturated heterocycles. The summed E-state index contributed by atoms with van der Waals surface area (Å²) in [5.74, 6) is 0.464. The predicted molar refractivity (Wildman–Crippen MR) is 69.6 cm³/mol. The van der Waals surface area contributed by atoms with Crippen LogP contribution in [0.2, 0.25) is 0 Å². The second kappa shape index (κ2) is 7.60. The summed E-state index contributed by atoms with van der Waals surface area (Å²) in [5.41, 5.74) is 0.510. The molecule has 0 aliphatic carbocycles. The highest BCUT2D eigenvalue weighted by atomic mass is 16.5. The summed E-state index contributed by atoms with van der Waals surface area (Å²) in [6.07, 6.45) is 3.09. The van der Waals surface area contributed by atoms with Gasteiger partial charge in [0.25, 0.3) is 5.91 Å². The van der Waals surface area contributed by atoms with Crippen LogP contribution in [0.15, 0.2) is 12.4 Å². The predicted octanol–water partition coefficient (Wildman–Crippen LogP) is 1.02. The second-order valence-electron chi connectivity index (χ2n) is 3.69. The Morgan fingerprint density at radius 3 is 2.44 bits per heavy atom. The van der Waals surface area contributed by atoms with Crippen molar-refractivity contribution in [3.8, 4) is 0 Å². The largest absolute Gasteiger partial charge is 0.383 e. The molecule has 0 aliphatic heterocycles. The molecule has 1 heterocycles. The molecule has 0 bridgehead atoms. The van der Waals surface area contributed by atoms with E-state index >= 15 is 0 Å². The lowest BCUT2D eigenvalue weighted by Gasteiger charge is -2.18. The van der Waals surface area contributed by atoms with Gasteiger partial charge in [0.05, 0.1) is 12.2 Å². The van der Waals surface area contributed by atoms with Crippen molar-refractivity contribution in [1.29, 1.82) is 0 Å². The fourth-order valence-electron chi connectivity index (χ4n) is 1.49. The van der Waals surface area contributed by atoms with Gasteiger partial charge in [0.1, 0.15) is 0 Å². The molecular weight excluding hydrogens is 232 g/mol. The van der Waals surface area contributed by atoms with Crippen LogP contribution in [0.1, 0.15) is 24.2 Å². The molecule has 18 heavy (non-hydrogen) atoms. The number of nitrogens with one attached hydrogen (secondary N) is 1. The van der Waals surface area contributed by atoms with Crippen LogP contribution in [-0.2, 0) is 4.74 Å². The average molecular weight is 252 g/mol. The van der Waals surface area contributed by atoms with E-state index in [4.69, 9.17) is 4.74 Å². The van der Waals surface area contributed by atoms with E-state index in [2.05, 4.69) is 15.3 Å². The van der Waals surface area contributed by atoms with E-state index in [9.17, 15) is 4.79 Å². The van der Waals surface area contributed by atoms with Crippen molar-refractivity contribution >= 4 is 11.9 Å². The summed E-state index contributed by atoms with van der Waals surface area (Å²) in [4.78, 5) is 21.9. The Labute approximate surface area is 107 Å². The first-order valence-electron chi connectivity index (χ1n) is 6.07. The molecule has 6 heteroatoms. The third-order valence-electron chi connectivity index (χ3n) is 2.54. The molecule has 1 N–H and O–H groups in total. The van der Waals surface area contributed by atoms with E-state index in [0.717, 1.165) is 0 Å². The van der Waals surface area contributed by atoms with Crippen LogP contribution in [0.3, 0.4) is 0 Å². The van der Waals surface area contributed by atoms with Gasteiger partial charge in [0, 0.05) is 39.1 Å². The summed E-state index contributed by atoms with van der Waals surface area (Å²) in [6, 6.07) is 0. The van der Waals surface area contributed by atoms with Crippen LogP contribution in [-0.4, -0.2) is 54.1 Å². The van der Waals surface area contributed by atoms with Crippen molar-refractivity contribution in [2.24, 2.45) is 0 Å². The number of rotatable bonds is 7. The Bertz CT molecular complexity index is 363. The van der Waals surface area contributed by atoms with Gasteiger partial charge >= 0.3 is 0 Å². The maximum absolute atomic E-state index is 12.0. The van der Waals surface area contributed by atoms with Gasteiger partial charge in [-0.1, -0.05) is 0 Å². The SMILES string of the molecule is CCN(CC)C(=O)c1cnc(NCCOC)nc1. The summed E-state index contributed by atoms with van der Waals surface area (Å²) in [6.45, 7) is 6.49. The minimum Gasteiger partial charge on any atom is -0.383 e. The molecule has 6 nitrogen and oxygen atoms in total. The minimum atomic E-state index is -0.0385. The summed E-state index contributed by atoms with van der Waals surface area (Å²) >= 11 is 0. The summed E-state index contributed by atoms with van der Waals surface area (Å²) in [7, 11) is 1.63. The van der Waals surface area contributed by atoms with Crippen LogP contribution in [0.4, 0.5) is 5.95 Å². The van der Waals surface area contributed by atoms with Gasteiger partial charge in [-0.25, -0.2) is 9.97 Å². The number of hydrogen-bond donors (Lipinski definition) is 1. The van der Waals surface area contributed by atoms with Crippen molar-refractivity contribution < 1.29 is 9.53 Å². The van der Waals surface area contributed by atoms with E-state index in [1.54, 1.807) is 24.4 Å². The van der Waals surface area contributed by atoms with Gasteiger partial charge < -0.3 is 15.0 Å². The Kier molecular flexibility index (Phi) is 6.07. The molecule has 0 atom stereocenters. The number of hydrogen-bond acceptors (Lipinski definition) is 5. The zero-order valence-corrected chi connectivity index (χ0v) is 11.1. The van der Waals surface area contributed by atoms with Gasteiger partial charge in [-0.05, 0) is 13.8 Å². The first kappa shape index (κ1) is 14.4. The Balaban J connectivity index is 2.61.